The molecule has 0 aliphatic heterocycles. The van der Waals surface area contributed by atoms with E-state index in [2.05, 4.69) is 10.1 Å². The van der Waals surface area contributed by atoms with E-state index >= 15 is 0 Å². The summed E-state index contributed by atoms with van der Waals surface area (Å²) >= 11 is 0. The van der Waals surface area contributed by atoms with Crippen molar-refractivity contribution in [1.29, 1.82) is 0 Å². The van der Waals surface area contributed by atoms with Crippen LogP contribution in [0.5, 0.6) is 0 Å². The van der Waals surface area contributed by atoms with Crippen LogP contribution >= 0.6 is 0 Å². The zero-order chi connectivity index (χ0) is 13.3. The summed E-state index contributed by atoms with van der Waals surface area (Å²) in [6, 6.07) is 0. The second-order valence-corrected chi connectivity index (χ2v) is 5.67. The molecule has 0 saturated carbocycles. The summed E-state index contributed by atoms with van der Waals surface area (Å²) in [5, 5.41) is 3.06. The maximum Gasteiger partial charge on any atom is 0.306 e. The van der Waals surface area contributed by atoms with Crippen LogP contribution < -0.4 is 5.32 Å². The number of carbonyl (C=O) groups is 1. The average molecular weight is 266 g/mol. The summed E-state index contributed by atoms with van der Waals surface area (Å²) in [6.07, 6.45) is 2.27. The molecule has 0 aromatic heterocycles. The van der Waals surface area contributed by atoms with E-state index < -0.39 is 10.0 Å². The molecule has 17 heavy (non-hydrogen) atoms. The molecule has 6 nitrogen and oxygen atoms in total. The first-order valence-corrected chi connectivity index (χ1v) is 7.49. The van der Waals surface area contributed by atoms with Crippen LogP contribution in [0.3, 0.4) is 0 Å². The third-order valence-electron chi connectivity index (χ3n) is 2.32. The van der Waals surface area contributed by atoms with Crippen molar-refractivity contribution in [3.8, 4) is 0 Å². The summed E-state index contributed by atoms with van der Waals surface area (Å²) in [6.45, 7) is 4.04. The zero-order valence-electron chi connectivity index (χ0n) is 10.7. The van der Waals surface area contributed by atoms with E-state index in [4.69, 9.17) is 0 Å². The molecule has 0 spiro atoms. The van der Waals surface area contributed by atoms with E-state index in [1.54, 1.807) is 0 Å². The maximum absolute atomic E-state index is 11.3. The fourth-order valence-corrected chi connectivity index (χ4v) is 2.29. The Morgan fingerprint density at radius 1 is 1.35 bits per heavy atom. The minimum Gasteiger partial charge on any atom is -0.469 e. The minimum atomic E-state index is -3.09. The van der Waals surface area contributed by atoms with E-state index in [-0.39, 0.29) is 5.97 Å². The molecular weight excluding hydrogens is 244 g/mol. The Labute approximate surface area is 103 Å². The molecule has 0 fully saturated rings. The Bertz CT molecular complexity index is 316. The van der Waals surface area contributed by atoms with Gasteiger partial charge >= 0.3 is 5.97 Å². The number of methoxy groups -OCH3 is 1. The smallest absolute Gasteiger partial charge is 0.306 e. The van der Waals surface area contributed by atoms with Crippen LogP contribution in [0, 0.1) is 0 Å². The maximum atomic E-state index is 11.3. The highest BCUT2D eigenvalue weighted by molar-refractivity contribution is 7.88. The summed E-state index contributed by atoms with van der Waals surface area (Å²) < 4.78 is 28.4. The Hall–Kier alpha value is -0.660. The highest BCUT2D eigenvalue weighted by Crippen LogP contribution is 1.98. The SMILES string of the molecule is CCN(CCCNCCC(=O)OC)S(C)(=O)=O. The van der Waals surface area contributed by atoms with Crippen LogP contribution in [0.25, 0.3) is 0 Å². The number of hydrogen-bond acceptors (Lipinski definition) is 5. The molecule has 0 aliphatic carbocycles. The van der Waals surface area contributed by atoms with Crippen molar-refractivity contribution in [1.82, 2.24) is 9.62 Å². The second kappa shape index (κ2) is 8.43. The van der Waals surface area contributed by atoms with Crippen molar-refractivity contribution >= 4 is 16.0 Å². The monoisotopic (exact) mass is 266 g/mol. The Balaban J connectivity index is 3.60. The molecule has 0 bridgehead atoms. The van der Waals surface area contributed by atoms with Gasteiger partial charge in [0.05, 0.1) is 19.8 Å². The van der Waals surface area contributed by atoms with E-state index in [0.717, 1.165) is 6.42 Å². The summed E-state index contributed by atoms with van der Waals surface area (Å²) in [7, 11) is -1.74. The highest BCUT2D eigenvalue weighted by Gasteiger charge is 2.12. The lowest BCUT2D eigenvalue weighted by Crippen LogP contribution is -2.32. The lowest BCUT2D eigenvalue weighted by molar-refractivity contribution is -0.140. The van der Waals surface area contributed by atoms with Crippen LogP contribution in [-0.4, -0.2) is 58.2 Å². The number of carbonyl (C=O) groups excluding carboxylic acids is 1. The molecule has 7 heteroatoms. The van der Waals surface area contributed by atoms with Gasteiger partial charge in [0.15, 0.2) is 0 Å². The number of sulfonamides is 1. The van der Waals surface area contributed by atoms with Crippen LogP contribution in [-0.2, 0) is 19.6 Å². The molecule has 1 N–H and O–H groups in total. The fourth-order valence-electron chi connectivity index (χ4n) is 1.36. The van der Waals surface area contributed by atoms with E-state index in [9.17, 15) is 13.2 Å². The molecule has 0 saturated heterocycles. The van der Waals surface area contributed by atoms with Gasteiger partial charge < -0.3 is 10.1 Å². The normalized spacial score (nSPS) is 11.8. The van der Waals surface area contributed by atoms with Gasteiger partial charge in [0.25, 0.3) is 0 Å². The third kappa shape index (κ3) is 8.12. The van der Waals surface area contributed by atoms with Crippen molar-refractivity contribution in [2.45, 2.75) is 19.8 Å². The topological polar surface area (TPSA) is 75.7 Å². The van der Waals surface area contributed by atoms with Gasteiger partial charge in [-0.15, -0.1) is 0 Å². The van der Waals surface area contributed by atoms with Crippen LogP contribution in [0.2, 0.25) is 0 Å². The van der Waals surface area contributed by atoms with Gasteiger partial charge in [-0.05, 0) is 13.0 Å². The zero-order valence-corrected chi connectivity index (χ0v) is 11.5. The van der Waals surface area contributed by atoms with Crippen LogP contribution in [0.4, 0.5) is 0 Å². The van der Waals surface area contributed by atoms with Crippen LogP contribution in [0.15, 0.2) is 0 Å². The largest absolute Gasteiger partial charge is 0.469 e. The van der Waals surface area contributed by atoms with E-state index in [0.29, 0.717) is 32.6 Å². The summed E-state index contributed by atoms with van der Waals surface area (Å²) in [4.78, 5) is 10.8. The van der Waals surface area contributed by atoms with Gasteiger partial charge in [-0.25, -0.2) is 12.7 Å². The van der Waals surface area contributed by atoms with Crippen molar-refractivity contribution in [3.05, 3.63) is 0 Å². The molecule has 0 aromatic rings. The molecule has 0 rings (SSSR count). The molecule has 0 aliphatic rings. The molecule has 0 amide bonds. The average Bonchev–Trinajstić information content (AvgIpc) is 2.25. The number of hydrogen-bond donors (Lipinski definition) is 1. The summed E-state index contributed by atoms with van der Waals surface area (Å²) in [5.74, 6) is -0.246. The van der Waals surface area contributed by atoms with Crippen molar-refractivity contribution in [3.63, 3.8) is 0 Å². The van der Waals surface area contributed by atoms with Gasteiger partial charge in [0, 0.05) is 19.6 Å². The molecular formula is C10H22N2O4S. The Morgan fingerprint density at radius 2 is 2.00 bits per heavy atom. The minimum absolute atomic E-state index is 0.246. The first-order valence-electron chi connectivity index (χ1n) is 5.64. The standard InChI is InChI=1S/C10H22N2O4S/c1-4-12(17(3,14)15)9-5-7-11-8-6-10(13)16-2/h11H,4-9H2,1-3H3. The lowest BCUT2D eigenvalue weighted by Gasteiger charge is -2.17. The van der Waals surface area contributed by atoms with Gasteiger partial charge in [0.2, 0.25) is 10.0 Å². The summed E-state index contributed by atoms with van der Waals surface area (Å²) in [5.41, 5.74) is 0. The van der Waals surface area contributed by atoms with Crippen molar-refractivity contribution in [2.24, 2.45) is 0 Å². The molecule has 102 valence electrons. The lowest BCUT2D eigenvalue weighted by atomic mass is 10.4. The van der Waals surface area contributed by atoms with Gasteiger partial charge in [0.1, 0.15) is 0 Å². The number of nitrogens with one attached hydrogen (secondary N) is 1. The molecule has 0 unspecified atom stereocenters. The van der Waals surface area contributed by atoms with E-state index in [1.807, 2.05) is 6.92 Å². The highest BCUT2D eigenvalue weighted by atomic mass is 32.2. The first-order chi connectivity index (χ1) is 7.91. The molecule has 0 heterocycles. The molecule has 0 radical (unpaired) electrons. The number of nitrogens with zero attached hydrogens (tertiary/aromatic N) is 1. The number of ether oxygens (including phenoxy) is 1. The predicted molar refractivity (Wildman–Crippen MR) is 66.2 cm³/mol. The molecule has 0 aromatic carbocycles. The van der Waals surface area contributed by atoms with Gasteiger partial charge in [-0.1, -0.05) is 6.92 Å². The first kappa shape index (κ1) is 16.3. The van der Waals surface area contributed by atoms with Gasteiger partial charge in [-0.3, -0.25) is 4.79 Å². The predicted octanol–water partition coefficient (Wildman–Crippen LogP) is -0.189. The molecule has 0 atom stereocenters. The number of rotatable bonds is 9. The van der Waals surface area contributed by atoms with Crippen molar-refractivity contribution in [2.75, 3.05) is 39.5 Å². The van der Waals surface area contributed by atoms with Gasteiger partial charge in [-0.2, -0.15) is 0 Å². The Kier molecular flexibility index (Phi) is 8.11. The fraction of sp³-hybridized carbons (Fsp3) is 0.900. The third-order valence-corrected chi connectivity index (χ3v) is 3.70. The Morgan fingerprint density at radius 3 is 2.47 bits per heavy atom. The van der Waals surface area contributed by atoms with Crippen molar-refractivity contribution < 1.29 is 17.9 Å². The quantitative estimate of drug-likeness (QED) is 0.462. The second-order valence-electron chi connectivity index (χ2n) is 3.68. The number of esters is 1. The van der Waals surface area contributed by atoms with Crippen LogP contribution in [0.1, 0.15) is 19.8 Å². The van der Waals surface area contributed by atoms with E-state index in [1.165, 1.54) is 17.7 Å².